The second-order valence-corrected chi connectivity index (χ2v) is 19.3. The average molecular weight is 875 g/mol. The molecule has 3 heterocycles. The molecular weight excluding hydrogens is 833 g/mol. The second-order valence-electron chi connectivity index (χ2n) is 16.0. The molecule has 0 spiro atoms. The molecule has 5 atom stereocenters. The van der Waals surface area contributed by atoms with Crippen LogP contribution in [-0.4, -0.2) is 83.6 Å². The Labute approximate surface area is 347 Å². The number of nitrogens with one attached hydrogen (secondary N) is 3. The predicted molar refractivity (Wildman–Crippen MR) is 217 cm³/mol. The molecule has 2 aromatic heterocycles. The lowest BCUT2D eigenvalue weighted by atomic mass is 9.85. The second kappa shape index (κ2) is 15.6. The molecule has 2 aromatic carbocycles. The van der Waals surface area contributed by atoms with Gasteiger partial charge in [0.15, 0.2) is 5.13 Å². The van der Waals surface area contributed by atoms with E-state index in [2.05, 4.69) is 31.9 Å². The third kappa shape index (κ3) is 8.71. The van der Waals surface area contributed by atoms with Crippen molar-refractivity contribution in [3.8, 4) is 22.9 Å². The monoisotopic (exact) mass is 874 g/mol. The summed E-state index contributed by atoms with van der Waals surface area (Å²) in [5.41, 5.74) is -2.35. The van der Waals surface area contributed by atoms with Gasteiger partial charge in [-0.1, -0.05) is 50.6 Å². The van der Waals surface area contributed by atoms with Crippen LogP contribution in [0, 0.1) is 11.3 Å². The highest BCUT2D eigenvalue weighted by Gasteiger charge is 2.62. The Morgan fingerprint density at radius 2 is 1.81 bits per heavy atom. The molecule has 19 heteroatoms. The molecule has 13 nitrogen and oxygen atoms in total. The number of rotatable bonds is 13. The topological polar surface area (TPSA) is 169 Å². The first-order chi connectivity index (χ1) is 27.7. The molecule has 314 valence electrons. The summed E-state index contributed by atoms with van der Waals surface area (Å²) in [6, 6.07) is 7.51. The van der Waals surface area contributed by atoms with E-state index in [1.807, 2.05) is 20.8 Å². The van der Waals surface area contributed by atoms with Crippen molar-refractivity contribution in [2.45, 2.75) is 81.6 Å². The van der Waals surface area contributed by atoms with E-state index in [4.69, 9.17) is 21.1 Å². The number of hydrogen-bond donors (Lipinski definition) is 3. The van der Waals surface area contributed by atoms with E-state index >= 15 is 0 Å². The Morgan fingerprint density at radius 3 is 2.42 bits per heavy atom. The van der Waals surface area contributed by atoms with E-state index in [-0.39, 0.29) is 25.3 Å². The molecule has 3 N–H and O–H groups in total. The van der Waals surface area contributed by atoms with Gasteiger partial charge in [-0.25, -0.2) is 18.4 Å². The van der Waals surface area contributed by atoms with Crippen LogP contribution in [0.2, 0.25) is 5.02 Å². The number of likely N-dealkylation sites (tertiary alicyclic amines) is 1. The molecule has 0 radical (unpaired) electrons. The number of sulfonamides is 1. The molecule has 2 saturated carbocycles. The van der Waals surface area contributed by atoms with Gasteiger partial charge in [-0.3, -0.25) is 19.1 Å². The van der Waals surface area contributed by atoms with E-state index in [0.29, 0.717) is 50.8 Å². The number of anilines is 1. The number of fused-ring (bicyclic) bond motifs is 1. The van der Waals surface area contributed by atoms with Gasteiger partial charge >= 0.3 is 6.18 Å². The molecule has 3 amide bonds. The normalized spacial score (nSPS) is 22.4. The van der Waals surface area contributed by atoms with Crippen LogP contribution < -0.4 is 24.8 Å². The van der Waals surface area contributed by atoms with Crippen LogP contribution >= 0.6 is 22.9 Å². The van der Waals surface area contributed by atoms with Crippen molar-refractivity contribution in [3.63, 3.8) is 0 Å². The number of methoxy groups -OCH3 is 1. The lowest BCUT2D eigenvalue weighted by molar-refractivity contribution is -0.141. The maximum atomic E-state index is 14.8. The third-order valence-corrected chi connectivity index (χ3v) is 13.6. The Kier molecular flexibility index (Phi) is 11.1. The van der Waals surface area contributed by atoms with Gasteiger partial charge in [-0.2, -0.15) is 13.2 Å². The minimum Gasteiger partial charge on any atom is -0.494 e. The van der Waals surface area contributed by atoms with Gasteiger partial charge in [0.1, 0.15) is 29.5 Å². The van der Waals surface area contributed by atoms with Gasteiger partial charge in [-0.05, 0) is 55.0 Å². The van der Waals surface area contributed by atoms with Crippen LogP contribution in [0.15, 0.2) is 66.7 Å². The number of thiazole rings is 1. The Morgan fingerprint density at radius 1 is 1.10 bits per heavy atom. The van der Waals surface area contributed by atoms with Gasteiger partial charge in [0.25, 0.3) is 5.91 Å². The van der Waals surface area contributed by atoms with Crippen molar-refractivity contribution >= 4 is 66.6 Å². The predicted octanol–water partition coefficient (Wildman–Crippen LogP) is 6.58. The summed E-state index contributed by atoms with van der Waals surface area (Å²) in [5.74, 6) is -1.99. The van der Waals surface area contributed by atoms with Crippen molar-refractivity contribution in [2.75, 3.05) is 19.0 Å². The van der Waals surface area contributed by atoms with Crippen molar-refractivity contribution in [3.05, 3.63) is 77.3 Å². The van der Waals surface area contributed by atoms with E-state index in [1.165, 1.54) is 36.4 Å². The fraction of sp³-hybridized carbons (Fsp3) is 0.425. The summed E-state index contributed by atoms with van der Waals surface area (Å²) in [7, 11) is -2.44. The van der Waals surface area contributed by atoms with Gasteiger partial charge < -0.3 is 25.0 Å². The molecule has 3 aliphatic rings. The molecule has 1 aliphatic heterocycles. The molecule has 1 saturated heterocycles. The minimum atomic E-state index is -4.50. The number of nitrogens with zero attached hydrogens (tertiary/aromatic N) is 3. The molecule has 1 unspecified atom stereocenters. The number of halogens is 4. The number of carbonyl (C=O) groups excluding carboxylic acids is 3. The van der Waals surface area contributed by atoms with Crippen LogP contribution in [-0.2, 0) is 30.6 Å². The highest BCUT2D eigenvalue weighted by molar-refractivity contribution is 7.91. The smallest absolute Gasteiger partial charge is 0.416 e. The van der Waals surface area contributed by atoms with Crippen molar-refractivity contribution in [2.24, 2.45) is 11.3 Å². The van der Waals surface area contributed by atoms with E-state index in [1.54, 1.807) is 23.6 Å². The van der Waals surface area contributed by atoms with Crippen molar-refractivity contribution < 1.29 is 45.4 Å². The molecule has 2 aliphatic carbocycles. The maximum Gasteiger partial charge on any atom is 0.416 e. The first-order valence-electron chi connectivity index (χ1n) is 18.7. The van der Waals surface area contributed by atoms with Crippen LogP contribution in [0.4, 0.5) is 18.3 Å². The Balaban J connectivity index is 1.18. The zero-order chi connectivity index (χ0) is 42.7. The summed E-state index contributed by atoms with van der Waals surface area (Å²) in [4.78, 5) is 53.2. The highest BCUT2D eigenvalue weighted by Crippen LogP contribution is 2.46. The minimum absolute atomic E-state index is 0.0314. The first kappa shape index (κ1) is 42.2. The van der Waals surface area contributed by atoms with Crippen LogP contribution in [0.25, 0.3) is 22.0 Å². The molecule has 59 heavy (non-hydrogen) atoms. The summed E-state index contributed by atoms with van der Waals surface area (Å²) in [5, 5.41) is 8.89. The van der Waals surface area contributed by atoms with Crippen LogP contribution in [0.3, 0.4) is 0 Å². The first-order valence-corrected chi connectivity index (χ1v) is 21.5. The molecule has 7 rings (SSSR count). The highest BCUT2D eigenvalue weighted by atomic mass is 35.5. The third-order valence-electron chi connectivity index (χ3n) is 10.8. The van der Waals surface area contributed by atoms with E-state index < -0.39 is 79.8 Å². The number of hydrogen-bond acceptors (Lipinski definition) is 11. The Hall–Kier alpha value is -4.94. The standard InChI is InChI=1S/C40H42ClF3N6O7S2/c1-6-22-17-39(22,36(53)49-59(54,55)26-12-13-26)48-33(51)30-16-25(57-34-28-15-24(41)11-14-27(28)31(56-5)18-45-34)19-50(30)35(52)32(38(2,3)4)47-37-46-29(20-58-37)21-7-9-23(10-8-21)40(42,43)44/h6-11,14-15,18,20,22,25-26,30,32H,1,12-13,16-17,19H2,2-5H3,(H,46,47)(H,48,51)(H,49,53)/t22-,25-,30+,32?,39-/m1/s1. The molecule has 3 fully saturated rings. The van der Waals surface area contributed by atoms with Gasteiger partial charge in [0.05, 0.1) is 36.4 Å². The zero-order valence-corrected chi connectivity index (χ0v) is 34.8. The number of amides is 3. The molecule has 4 aromatic rings. The lowest BCUT2D eigenvalue weighted by Gasteiger charge is -2.35. The number of ether oxygens (including phenoxy) is 2. The molecular formula is C40H42ClF3N6O7S2. The zero-order valence-electron chi connectivity index (χ0n) is 32.4. The summed E-state index contributed by atoms with van der Waals surface area (Å²) in [6.45, 7) is 9.15. The number of alkyl halides is 3. The SMILES string of the molecule is C=C[C@@H]1C[C@]1(NC(=O)[C@@H]1C[C@@H](Oc2ncc(OC)c3ccc(Cl)cc23)CN1C(=O)C(Nc1nc(-c2ccc(C(F)(F)F)cc2)cs1)C(C)(C)C)C(=O)NS(=O)(=O)C1CC1. The van der Waals surface area contributed by atoms with Gasteiger partial charge in [0, 0.05) is 39.1 Å². The van der Waals surface area contributed by atoms with Gasteiger partial charge in [0.2, 0.25) is 27.7 Å². The number of pyridine rings is 1. The fourth-order valence-electron chi connectivity index (χ4n) is 7.21. The lowest BCUT2D eigenvalue weighted by Crippen LogP contribution is -2.58. The maximum absolute atomic E-state index is 14.8. The number of benzene rings is 2. The van der Waals surface area contributed by atoms with Gasteiger partial charge in [-0.15, -0.1) is 17.9 Å². The Bertz CT molecular complexity index is 2420. The van der Waals surface area contributed by atoms with Crippen molar-refractivity contribution in [1.82, 2.24) is 24.9 Å². The van der Waals surface area contributed by atoms with E-state index in [0.717, 1.165) is 23.5 Å². The largest absolute Gasteiger partial charge is 0.494 e. The summed E-state index contributed by atoms with van der Waals surface area (Å²) >= 11 is 7.51. The summed E-state index contributed by atoms with van der Waals surface area (Å²) < 4.78 is 79.2. The van der Waals surface area contributed by atoms with Crippen molar-refractivity contribution in [1.29, 1.82) is 0 Å². The van der Waals surface area contributed by atoms with E-state index in [9.17, 15) is 36.0 Å². The quantitative estimate of drug-likeness (QED) is 0.125. The summed E-state index contributed by atoms with van der Waals surface area (Å²) in [6.07, 6.45) is -1.39. The van der Waals surface area contributed by atoms with Crippen LogP contribution in [0.5, 0.6) is 11.6 Å². The number of aromatic nitrogens is 2. The number of carbonyl (C=O) groups is 3. The average Bonchev–Trinajstić information content (AvgIpc) is 4.07. The van der Waals surface area contributed by atoms with Crippen LogP contribution in [0.1, 0.15) is 52.0 Å². The molecule has 0 bridgehead atoms. The fourth-order valence-corrected chi connectivity index (χ4v) is 9.50.